The molecule has 0 saturated heterocycles. The van der Waals surface area contributed by atoms with E-state index in [0.29, 0.717) is 12.2 Å². The zero-order chi connectivity index (χ0) is 15.4. The lowest BCUT2D eigenvalue weighted by atomic mass is 10.1. The second kappa shape index (κ2) is 6.26. The van der Waals surface area contributed by atoms with Gasteiger partial charge in [0.2, 0.25) is 0 Å². The Balaban J connectivity index is 1.84. The molecule has 1 heterocycles. The van der Waals surface area contributed by atoms with Crippen molar-refractivity contribution in [2.24, 2.45) is 0 Å². The van der Waals surface area contributed by atoms with Gasteiger partial charge in [-0.15, -0.1) is 0 Å². The van der Waals surface area contributed by atoms with Crippen molar-refractivity contribution in [3.05, 3.63) is 82.9 Å². The van der Waals surface area contributed by atoms with E-state index >= 15 is 0 Å². The molecule has 2 aromatic carbocycles. The van der Waals surface area contributed by atoms with Crippen LogP contribution in [0.1, 0.15) is 5.56 Å². The summed E-state index contributed by atoms with van der Waals surface area (Å²) in [6, 6.07) is 18.9. The minimum absolute atomic E-state index is 0.0651. The van der Waals surface area contributed by atoms with Crippen molar-refractivity contribution in [1.82, 2.24) is 9.55 Å². The Labute approximate surface area is 128 Å². The van der Waals surface area contributed by atoms with Crippen LogP contribution in [0, 0.1) is 0 Å². The first-order valence-electron chi connectivity index (χ1n) is 7.01. The van der Waals surface area contributed by atoms with E-state index in [1.54, 1.807) is 24.1 Å². The molecule has 0 radical (unpaired) electrons. The summed E-state index contributed by atoms with van der Waals surface area (Å²) in [4.78, 5) is 16.6. The summed E-state index contributed by atoms with van der Waals surface area (Å²) >= 11 is 0. The smallest absolute Gasteiger partial charge is 0.254 e. The minimum atomic E-state index is -0.0651. The topological polar surface area (TPSA) is 44.1 Å². The third-order valence-corrected chi connectivity index (χ3v) is 3.46. The van der Waals surface area contributed by atoms with Crippen molar-refractivity contribution in [2.75, 3.05) is 7.11 Å². The number of rotatable bonds is 4. The van der Waals surface area contributed by atoms with Crippen LogP contribution in [0.2, 0.25) is 0 Å². The molecule has 0 fully saturated rings. The van der Waals surface area contributed by atoms with Crippen LogP contribution in [0.25, 0.3) is 11.3 Å². The third-order valence-electron chi connectivity index (χ3n) is 3.46. The lowest BCUT2D eigenvalue weighted by molar-refractivity contribution is 0.414. The van der Waals surface area contributed by atoms with E-state index in [9.17, 15) is 4.79 Å². The molecule has 3 aromatic rings. The van der Waals surface area contributed by atoms with Crippen LogP contribution in [0.3, 0.4) is 0 Å². The van der Waals surface area contributed by atoms with Crippen LogP contribution in [0.4, 0.5) is 0 Å². The van der Waals surface area contributed by atoms with E-state index < -0.39 is 0 Å². The Morgan fingerprint density at radius 1 is 1.05 bits per heavy atom. The van der Waals surface area contributed by atoms with Gasteiger partial charge in [0.15, 0.2) is 0 Å². The van der Waals surface area contributed by atoms with Crippen molar-refractivity contribution in [1.29, 1.82) is 0 Å². The van der Waals surface area contributed by atoms with Crippen molar-refractivity contribution >= 4 is 0 Å². The van der Waals surface area contributed by atoms with Crippen molar-refractivity contribution < 1.29 is 4.74 Å². The van der Waals surface area contributed by atoms with E-state index in [4.69, 9.17) is 4.74 Å². The highest BCUT2D eigenvalue weighted by atomic mass is 16.5. The number of methoxy groups -OCH3 is 1. The number of benzene rings is 2. The highest BCUT2D eigenvalue weighted by Crippen LogP contribution is 2.14. The van der Waals surface area contributed by atoms with Gasteiger partial charge in [0.05, 0.1) is 25.7 Å². The van der Waals surface area contributed by atoms with E-state index in [1.807, 2.05) is 54.6 Å². The Morgan fingerprint density at radius 2 is 1.77 bits per heavy atom. The maximum Gasteiger partial charge on any atom is 0.254 e. The molecule has 3 rings (SSSR count). The first-order valence-corrected chi connectivity index (χ1v) is 7.01. The van der Waals surface area contributed by atoms with Crippen LogP contribution < -0.4 is 10.3 Å². The Kier molecular flexibility index (Phi) is 4.01. The molecule has 0 unspecified atom stereocenters. The molecule has 0 bridgehead atoms. The average molecular weight is 292 g/mol. The molecule has 0 aliphatic heterocycles. The van der Waals surface area contributed by atoms with Gasteiger partial charge in [0.25, 0.3) is 5.56 Å². The molecule has 4 nitrogen and oxygen atoms in total. The SMILES string of the molecule is COc1ccc(Cn2cnc(-c3ccccc3)cc2=O)cc1. The quantitative estimate of drug-likeness (QED) is 0.742. The number of aromatic nitrogens is 2. The number of nitrogens with zero attached hydrogens (tertiary/aromatic N) is 2. The summed E-state index contributed by atoms with van der Waals surface area (Å²) in [5.41, 5.74) is 2.59. The van der Waals surface area contributed by atoms with Gasteiger partial charge in [-0.1, -0.05) is 42.5 Å². The fraction of sp³-hybridized carbons (Fsp3) is 0.111. The van der Waals surface area contributed by atoms with Crippen LogP contribution in [-0.4, -0.2) is 16.7 Å². The van der Waals surface area contributed by atoms with E-state index in [0.717, 1.165) is 16.9 Å². The van der Waals surface area contributed by atoms with Crippen molar-refractivity contribution in [3.63, 3.8) is 0 Å². The summed E-state index contributed by atoms with van der Waals surface area (Å²) in [6.45, 7) is 0.491. The summed E-state index contributed by atoms with van der Waals surface area (Å²) in [7, 11) is 1.63. The number of hydrogen-bond donors (Lipinski definition) is 0. The zero-order valence-electron chi connectivity index (χ0n) is 12.3. The second-order valence-corrected chi connectivity index (χ2v) is 4.95. The minimum Gasteiger partial charge on any atom is -0.497 e. The van der Waals surface area contributed by atoms with Crippen molar-refractivity contribution in [2.45, 2.75) is 6.54 Å². The second-order valence-electron chi connectivity index (χ2n) is 4.95. The third kappa shape index (κ3) is 3.06. The molecule has 1 aromatic heterocycles. The van der Waals surface area contributed by atoms with Gasteiger partial charge >= 0.3 is 0 Å². The normalized spacial score (nSPS) is 10.4. The van der Waals surface area contributed by atoms with E-state index in [-0.39, 0.29) is 5.56 Å². The zero-order valence-corrected chi connectivity index (χ0v) is 12.3. The molecule has 0 aliphatic rings. The maximum absolute atomic E-state index is 12.2. The summed E-state index contributed by atoms with van der Waals surface area (Å²) < 4.78 is 6.72. The first-order chi connectivity index (χ1) is 10.8. The molecular formula is C18H16N2O2. The van der Waals surface area contributed by atoms with E-state index in [1.165, 1.54) is 0 Å². The fourth-order valence-corrected chi connectivity index (χ4v) is 2.24. The van der Waals surface area contributed by atoms with Crippen LogP contribution in [0.15, 0.2) is 71.8 Å². The lowest BCUT2D eigenvalue weighted by Crippen LogP contribution is -2.20. The van der Waals surface area contributed by atoms with Crippen LogP contribution in [-0.2, 0) is 6.54 Å². The van der Waals surface area contributed by atoms with Gasteiger partial charge in [-0.05, 0) is 17.7 Å². The highest BCUT2D eigenvalue weighted by molar-refractivity contribution is 5.57. The Bertz CT molecular complexity index is 808. The molecular weight excluding hydrogens is 276 g/mol. The largest absolute Gasteiger partial charge is 0.497 e. The molecule has 0 aliphatic carbocycles. The van der Waals surface area contributed by atoms with Gasteiger partial charge in [0, 0.05) is 11.6 Å². The summed E-state index contributed by atoms with van der Waals surface area (Å²) in [6.07, 6.45) is 1.59. The Morgan fingerprint density at radius 3 is 2.41 bits per heavy atom. The van der Waals surface area contributed by atoms with Crippen LogP contribution >= 0.6 is 0 Å². The first kappa shape index (κ1) is 14.1. The molecule has 0 amide bonds. The summed E-state index contributed by atoms with van der Waals surface area (Å²) in [5.74, 6) is 0.800. The maximum atomic E-state index is 12.2. The standard InChI is InChI=1S/C18H16N2O2/c1-22-16-9-7-14(8-10-16)12-20-13-19-17(11-18(20)21)15-5-3-2-4-6-15/h2-11,13H,12H2,1H3. The molecule has 0 atom stereocenters. The number of ether oxygens (including phenoxy) is 1. The molecule has 4 heteroatoms. The molecule has 0 saturated carbocycles. The Hall–Kier alpha value is -2.88. The van der Waals surface area contributed by atoms with E-state index in [2.05, 4.69) is 4.98 Å². The summed E-state index contributed by atoms with van der Waals surface area (Å²) in [5, 5.41) is 0. The van der Waals surface area contributed by atoms with Crippen LogP contribution in [0.5, 0.6) is 5.75 Å². The van der Waals surface area contributed by atoms with Gasteiger partial charge in [-0.25, -0.2) is 4.98 Å². The number of hydrogen-bond acceptors (Lipinski definition) is 3. The molecule has 110 valence electrons. The van der Waals surface area contributed by atoms with Crippen molar-refractivity contribution in [3.8, 4) is 17.0 Å². The average Bonchev–Trinajstić information content (AvgIpc) is 2.58. The molecule has 0 N–H and O–H groups in total. The lowest BCUT2D eigenvalue weighted by Gasteiger charge is -2.07. The highest BCUT2D eigenvalue weighted by Gasteiger charge is 2.03. The predicted octanol–water partition coefficient (Wildman–Crippen LogP) is 2.97. The van der Waals surface area contributed by atoms with Gasteiger partial charge in [-0.2, -0.15) is 0 Å². The van der Waals surface area contributed by atoms with Gasteiger partial charge in [0.1, 0.15) is 5.75 Å². The van der Waals surface area contributed by atoms with Gasteiger partial charge in [-0.3, -0.25) is 9.36 Å². The molecule has 22 heavy (non-hydrogen) atoms. The molecule has 0 spiro atoms. The predicted molar refractivity (Wildman–Crippen MR) is 86.0 cm³/mol. The van der Waals surface area contributed by atoms with Gasteiger partial charge < -0.3 is 4.74 Å². The monoisotopic (exact) mass is 292 g/mol. The fourth-order valence-electron chi connectivity index (χ4n) is 2.24.